The number of carbonyl (C=O) groups excluding carboxylic acids is 2. The molecule has 4 heterocycles. The Labute approximate surface area is 171 Å². The summed E-state index contributed by atoms with van der Waals surface area (Å²) in [7, 11) is 0. The molecule has 3 aromatic heterocycles. The Balaban J connectivity index is 1.59. The Bertz CT molecular complexity index is 1160. The van der Waals surface area contributed by atoms with E-state index in [0.29, 0.717) is 0 Å². The predicted molar refractivity (Wildman–Crippen MR) is 104 cm³/mol. The van der Waals surface area contributed by atoms with Crippen molar-refractivity contribution in [3.05, 3.63) is 35.4 Å². The van der Waals surface area contributed by atoms with Gasteiger partial charge in [-0.15, -0.1) is 0 Å². The van der Waals surface area contributed by atoms with Crippen LogP contribution in [0.3, 0.4) is 0 Å². The van der Waals surface area contributed by atoms with Gasteiger partial charge in [0.1, 0.15) is 18.7 Å². The number of hydrogen-bond donors (Lipinski definition) is 2. The van der Waals surface area contributed by atoms with Crippen LogP contribution in [0.5, 0.6) is 0 Å². The molecule has 3 aromatic rings. The van der Waals surface area contributed by atoms with Gasteiger partial charge in [-0.05, 0) is 6.90 Å². The molecule has 3 atom stereocenters. The maximum atomic E-state index is 12.4. The molecule has 1 fully saturated rings. The van der Waals surface area contributed by atoms with Gasteiger partial charge in [-0.3, -0.25) is 24.5 Å². The number of H-pyrrole nitrogens is 1. The first-order chi connectivity index (χ1) is 14.9. The Morgan fingerprint density at radius 1 is 1.43 bits per heavy atom. The van der Waals surface area contributed by atoms with E-state index < -0.39 is 30.1 Å². The second-order valence-corrected chi connectivity index (χ2v) is 7.14. The minimum atomic E-state index is -0.683. The molecule has 1 saturated heterocycles. The van der Waals surface area contributed by atoms with Crippen LogP contribution in [-0.4, -0.2) is 53.3 Å². The van der Waals surface area contributed by atoms with Crippen LogP contribution in [0.2, 0.25) is 0 Å². The van der Waals surface area contributed by atoms with E-state index >= 15 is 0 Å². The van der Waals surface area contributed by atoms with Crippen molar-refractivity contribution >= 4 is 29.1 Å². The average molecular weight is 416 g/mol. The summed E-state index contributed by atoms with van der Waals surface area (Å²) in [5.41, 5.74) is -0.230. The maximum Gasteiger partial charge on any atom is 0.419 e. The number of fused-ring (bicyclic) bond motifs is 1. The molecule has 2 N–H and O–H groups in total. The summed E-state index contributed by atoms with van der Waals surface area (Å²) in [6.07, 6.45) is 3.21. The largest absolute Gasteiger partial charge is 0.443 e. The Morgan fingerprint density at radius 2 is 2.27 bits per heavy atom. The summed E-state index contributed by atoms with van der Waals surface area (Å²) in [5.74, 6) is -0.602. The van der Waals surface area contributed by atoms with Crippen LogP contribution >= 0.6 is 0 Å². The number of carbonyl (C=O) groups is 2. The van der Waals surface area contributed by atoms with Gasteiger partial charge in [-0.25, -0.2) is 19.3 Å². The second kappa shape index (κ2) is 7.71. The van der Waals surface area contributed by atoms with Crippen LogP contribution in [0.25, 0.3) is 11.2 Å². The van der Waals surface area contributed by atoms with Crippen molar-refractivity contribution in [1.82, 2.24) is 29.1 Å². The average Bonchev–Trinajstić information content (AvgIpc) is 3.47. The number of amides is 1. The number of anilines is 1. The van der Waals surface area contributed by atoms with Gasteiger partial charge in [0.25, 0.3) is 5.56 Å². The number of rotatable bonds is 4. The smallest absolute Gasteiger partial charge is 0.419 e. The lowest BCUT2D eigenvalue weighted by atomic mass is 10.2. The van der Waals surface area contributed by atoms with Crippen LogP contribution < -0.4 is 10.9 Å². The number of nitrogens with zero attached hydrogens (tertiary/aromatic N) is 5. The summed E-state index contributed by atoms with van der Waals surface area (Å²) < 4.78 is 21.8. The molecule has 1 unspecified atom stereocenters. The fourth-order valence-corrected chi connectivity index (χ4v) is 3.01. The normalized spacial score (nSPS) is 21.7. The van der Waals surface area contributed by atoms with Gasteiger partial charge >= 0.3 is 6.09 Å². The number of aromatic amines is 1. The Morgan fingerprint density at radius 3 is 2.97 bits per heavy atom. The molecule has 1 aliphatic heterocycles. The lowest BCUT2D eigenvalue weighted by Gasteiger charge is -2.14. The summed E-state index contributed by atoms with van der Waals surface area (Å²) in [5, 5.41) is 2.56. The SMILES string of the molecule is [2H]C[C@H]1O[C@@H](n2cnc3c(=O)[nH]c(NC(=O)C(C)C)nc32)CC1OC(=O)n1ccnc1. The highest BCUT2D eigenvalue weighted by Crippen LogP contribution is 2.32. The van der Waals surface area contributed by atoms with Crippen LogP contribution in [0.1, 0.15) is 34.8 Å². The number of imidazole rings is 2. The maximum absolute atomic E-state index is 12.4. The minimum absolute atomic E-state index is 0.00364. The van der Waals surface area contributed by atoms with Gasteiger partial charge in [0.2, 0.25) is 11.9 Å². The number of ether oxygens (including phenoxy) is 2. The fourth-order valence-electron chi connectivity index (χ4n) is 3.01. The summed E-state index contributed by atoms with van der Waals surface area (Å²) in [4.78, 5) is 51.3. The molecule has 12 heteroatoms. The Kier molecular flexibility index (Phi) is 4.75. The lowest BCUT2D eigenvalue weighted by Crippen LogP contribution is -2.26. The molecule has 0 saturated carbocycles. The Hall–Kier alpha value is -3.54. The fraction of sp³-hybridized carbons (Fsp3) is 0.444. The third-order valence-corrected chi connectivity index (χ3v) is 4.66. The topological polar surface area (TPSA) is 146 Å². The van der Waals surface area contributed by atoms with Crippen molar-refractivity contribution in [3.63, 3.8) is 0 Å². The molecule has 0 aliphatic carbocycles. The highest BCUT2D eigenvalue weighted by Gasteiger charge is 2.37. The van der Waals surface area contributed by atoms with Crippen molar-refractivity contribution in [1.29, 1.82) is 0 Å². The van der Waals surface area contributed by atoms with Gasteiger partial charge in [0.15, 0.2) is 11.2 Å². The van der Waals surface area contributed by atoms with Gasteiger partial charge in [0.05, 0.1) is 12.4 Å². The van der Waals surface area contributed by atoms with E-state index in [1.165, 1.54) is 34.2 Å². The van der Waals surface area contributed by atoms with Crippen LogP contribution in [0.15, 0.2) is 29.8 Å². The molecule has 4 rings (SSSR count). The molecular weight excluding hydrogens is 394 g/mol. The molecule has 1 aliphatic rings. The van der Waals surface area contributed by atoms with Gasteiger partial charge in [-0.1, -0.05) is 13.8 Å². The monoisotopic (exact) mass is 416 g/mol. The predicted octanol–water partition coefficient (Wildman–Crippen LogP) is 1.27. The standard InChI is InChI=1S/C18H21N7O5/c1-9(2)15(26)22-17-21-14-13(16(27)23-17)20-8-25(14)12-6-11(10(3)29-12)30-18(28)24-5-4-19-7-24/h4-5,7-12H,6H2,1-3H3,(H2,21,22,23,26,27)/t10-,11?,12-/m1/s1/i3D. The number of nitrogens with one attached hydrogen (secondary N) is 2. The quantitative estimate of drug-likeness (QED) is 0.646. The third-order valence-electron chi connectivity index (χ3n) is 4.66. The highest BCUT2D eigenvalue weighted by atomic mass is 16.6. The number of aromatic nitrogens is 6. The molecule has 158 valence electrons. The second-order valence-electron chi connectivity index (χ2n) is 7.14. The van der Waals surface area contributed by atoms with Gasteiger partial charge < -0.3 is 9.47 Å². The molecule has 0 aromatic carbocycles. The van der Waals surface area contributed by atoms with E-state index in [1.807, 2.05) is 0 Å². The van der Waals surface area contributed by atoms with Crippen molar-refractivity contribution in [3.8, 4) is 0 Å². The summed E-state index contributed by atoms with van der Waals surface area (Å²) in [6.45, 7) is 3.30. The van der Waals surface area contributed by atoms with E-state index in [1.54, 1.807) is 13.8 Å². The van der Waals surface area contributed by atoms with E-state index in [-0.39, 0.29) is 42.3 Å². The first-order valence-corrected chi connectivity index (χ1v) is 9.28. The van der Waals surface area contributed by atoms with Crippen LogP contribution in [-0.2, 0) is 14.3 Å². The van der Waals surface area contributed by atoms with E-state index in [0.717, 1.165) is 0 Å². The van der Waals surface area contributed by atoms with E-state index in [9.17, 15) is 14.4 Å². The van der Waals surface area contributed by atoms with Gasteiger partial charge in [-0.2, -0.15) is 4.98 Å². The van der Waals surface area contributed by atoms with Gasteiger partial charge in [0, 0.05) is 26.1 Å². The van der Waals surface area contributed by atoms with E-state index in [2.05, 4.69) is 25.3 Å². The van der Waals surface area contributed by atoms with Crippen molar-refractivity contribution < 1.29 is 20.4 Å². The van der Waals surface area contributed by atoms with Crippen molar-refractivity contribution in [2.45, 2.75) is 45.6 Å². The zero-order valence-electron chi connectivity index (χ0n) is 17.3. The molecule has 30 heavy (non-hydrogen) atoms. The molecule has 1 amide bonds. The van der Waals surface area contributed by atoms with Crippen LogP contribution in [0.4, 0.5) is 10.7 Å². The highest BCUT2D eigenvalue weighted by molar-refractivity contribution is 5.91. The number of hydrogen-bond acceptors (Lipinski definition) is 8. The summed E-state index contributed by atoms with van der Waals surface area (Å²) >= 11 is 0. The molecule has 12 nitrogen and oxygen atoms in total. The van der Waals surface area contributed by atoms with E-state index in [4.69, 9.17) is 10.8 Å². The zero-order valence-corrected chi connectivity index (χ0v) is 16.3. The first-order valence-electron chi connectivity index (χ1n) is 9.99. The third kappa shape index (κ3) is 3.68. The zero-order chi connectivity index (χ0) is 22.1. The molecule has 0 radical (unpaired) electrons. The summed E-state index contributed by atoms with van der Waals surface area (Å²) in [6, 6.07) is 0. The molecule has 0 bridgehead atoms. The van der Waals surface area contributed by atoms with Crippen molar-refractivity contribution in [2.75, 3.05) is 5.32 Å². The lowest BCUT2D eigenvalue weighted by molar-refractivity contribution is -0.118. The van der Waals surface area contributed by atoms with Crippen LogP contribution in [0, 0.1) is 5.92 Å². The molecular formula is C18H21N7O5. The van der Waals surface area contributed by atoms with Crippen molar-refractivity contribution in [2.24, 2.45) is 5.92 Å². The molecule has 0 spiro atoms. The first kappa shape index (κ1) is 18.5. The minimum Gasteiger partial charge on any atom is -0.443 e.